The lowest BCUT2D eigenvalue weighted by atomic mass is 9.75. The summed E-state index contributed by atoms with van der Waals surface area (Å²) in [7, 11) is 4.26. The van der Waals surface area contributed by atoms with E-state index >= 15 is 0 Å². The van der Waals surface area contributed by atoms with Crippen molar-refractivity contribution < 1.29 is 4.79 Å². The Morgan fingerprint density at radius 2 is 2.05 bits per heavy atom. The summed E-state index contributed by atoms with van der Waals surface area (Å²) in [6, 6.07) is 0. The first-order valence-corrected chi connectivity index (χ1v) is 7.71. The van der Waals surface area contributed by atoms with E-state index in [0.29, 0.717) is 0 Å². The Kier molecular flexibility index (Phi) is 4.51. The summed E-state index contributed by atoms with van der Waals surface area (Å²) in [4.78, 5) is 14.9. The van der Waals surface area contributed by atoms with Crippen LogP contribution in [0.15, 0.2) is 0 Å². The third-order valence-corrected chi connectivity index (χ3v) is 5.26. The van der Waals surface area contributed by atoms with Gasteiger partial charge in [0.05, 0.1) is 5.41 Å². The zero-order valence-corrected chi connectivity index (χ0v) is 12.7. The molecule has 2 fully saturated rings. The number of carbonyl (C=O) groups excluding carboxylic acids is 1. The number of carbonyl (C=O) groups is 1. The normalized spacial score (nSPS) is 29.3. The van der Waals surface area contributed by atoms with Crippen LogP contribution < -0.4 is 10.6 Å². The van der Waals surface area contributed by atoms with Gasteiger partial charge in [-0.2, -0.15) is 0 Å². The highest BCUT2D eigenvalue weighted by molar-refractivity contribution is 5.83. The lowest BCUT2D eigenvalue weighted by Crippen LogP contribution is -2.58. The van der Waals surface area contributed by atoms with Gasteiger partial charge in [-0.15, -0.1) is 0 Å². The number of hydrogen-bond acceptors (Lipinski definition) is 3. The summed E-state index contributed by atoms with van der Waals surface area (Å²) in [6.45, 7) is 4.80. The predicted molar refractivity (Wildman–Crippen MR) is 78.1 cm³/mol. The van der Waals surface area contributed by atoms with E-state index < -0.39 is 0 Å². The second-order valence-corrected chi connectivity index (χ2v) is 6.61. The smallest absolute Gasteiger partial charge is 0.227 e. The molecule has 110 valence electrons. The zero-order chi connectivity index (χ0) is 13.9. The highest BCUT2D eigenvalue weighted by Gasteiger charge is 2.43. The van der Waals surface area contributed by atoms with E-state index in [1.807, 2.05) is 0 Å². The number of rotatable bonds is 6. The summed E-state index contributed by atoms with van der Waals surface area (Å²) >= 11 is 0. The van der Waals surface area contributed by atoms with Crippen LogP contribution in [0.2, 0.25) is 0 Å². The van der Waals surface area contributed by atoms with Gasteiger partial charge >= 0.3 is 0 Å². The zero-order valence-electron chi connectivity index (χ0n) is 12.7. The van der Waals surface area contributed by atoms with Gasteiger partial charge in [-0.3, -0.25) is 4.79 Å². The van der Waals surface area contributed by atoms with Crippen LogP contribution in [0.4, 0.5) is 0 Å². The quantitative estimate of drug-likeness (QED) is 0.764. The van der Waals surface area contributed by atoms with Gasteiger partial charge < -0.3 is 15.5 Å². The number of hydrogen-bond donors (Lipinski definition) is 2. The number of amides is 1. The van der Waals surface area contributed by atoms with Gasteiger partial charge in [0.15, 0.2) is 0 Å². The Labute approximate surface area is 117 Å². The molecular formula is C15H29N3O. The fourth-order valence-electron chi connectivity index (χ4n) is 3.54. The van der Waals surface area contributed by atoms with Gasteiger partial charge in [0.25, 0.3) is 0 Å². The molecule has 1 aliphatic heterocycles. The Morgan fingerprint density at radius 1 is 1.32 bits per heavy atom. The van der Waals surface area contributed by atoms with Crippen LogP contribution in [-0.4, -0.2) is 50.1 Å². The van der Waals surface area contributed by atoms with Crippen molar-refractivity contribution in [2.75, 3.05) is 33.7 Å². The highest BCUT2D eigenvalue weighted by atomic mass is 16.2. The van der Waals surface area contributed by atoms with Crippen molar-refractivity contribution in [3.05, 3.63) is 0 Å². The summed E-state index contributed by atoms with van der Waals surface area (Å²) in [5.74, 6) is 0.271. The fraction of sp³-hybridized carbons (Fsp3) is 0.933. The summed E-state index contributed by atoms with van der Waals surface area (Å²) in [5.41, 5.74) is 0.0705. The molecule has 0 spiro atoms. The molecular weight excluding hydrogens is 238 g/mol. The van der Waals surface area contributed by atoms with Crippen LogP contribution in [-0.2, 0) is 4.79 Å². The fourth-order valence-corrected chi connectivity index (χ4v) is 3.54. The molecule has 0 radical (unpaired) electrons. The van der Waals surface area contributed by atoms with Crippen molar-refractivity contribution in [2.45, 2.75) is 51.0 Å². The minimum atomic E-state index is -0.147. The van der Waals surface area contributed by atoms with Gasteiger partial charge in [0, 0.05) is 18.6 Å². The van der Waals surface area contributed by atoms with Crippen LogP contribution >= 0.6 is 0 Å². The standard InChI is InChI=1S/C15H29N3O/c1-4-6-14(9-10-16-11-14)13(19)17-12-15(18(2)3)7-5-8-15/h16H,4-12H2,1-3H3,(H,17,19). The molecule has 1 amide bonds. The van der Waals surface area contributed by atoms with E-state index in [9.17, 15) is 4.79 Å². The van der Waals surface area contributed by atoms with E-state index in [4.69, 9.17) is 0 Å². The largest absolute Gasteiger partial charge is 0.354 e. The lowest BCUT2D eigenvalue weighted by molar-refractivity contribution is -0.131. The number of nitrogens with zero attached hydrogens (tertiary/aromatic N) is 1. The SMILES string of the molecule is CCCC1(C(=O)NCC2(N(C)C)CCC2)CCNC1. The molecule has 2 N–H and O–H groups in total. The molecule has 1 heterocycles. The molecule has 4 heteroatoms. The van der Waals surface area contributed by atoms with Crippen LogP contribution in [0.1, 0.15) is 45.4 Å². The second-order valence-electron chi connectivity index (χ2n) is 6.61. The first kappa shape index (κ1) is 14.8. The van der Waals surface area contributed by atoms with E-state index in [-0.39, 0.29) is 16.9 Å². The highest BCUT2D eigenvalue weighted by Crippen LogP contribution is 2.36. The molecule has 2 aliphatic rings. The van der Waals surface area contributed by atoms with Crippen LogP contribution in [0.3, 0.4) is 0 Å². The van der Waals surface area contributed by atoms with Crippen molar-refractivity contribution >= 4 is 5.91 Å². The molecule has 1 aliphatic carbocycles. The molecule has 0 aromatic carbocycles. The minimum absolute atomic E-state index is 0.147. The van der Waals surface area contributed by atoms with E-state index in [2.05, 4.69) is 36.6 Å². The molecule has 0 aromatic heterocycles. The molecule has 1 unspecified atom stereocenters. The van der Waals surface area contributed by atoms with Crippen LogP contribution in [0.5, 0.6) is 0 Å². The van der Waals surface area contributed by atoms with Gasteiger partial charge in [-0.1, -0.05) is 13.3 Å². The second kappa shape index (κ2) is 5.80. The Morgan fingerprint density at radius 3 is 2.47 bits per heavy atom. The summed E-state index contributed by atoms with van der Waals surface area (Å²) < 4.78 is 0. The Balaban J connectivity index is 1.92. The summed E-state index contributed by atoms with van der Waals surface area (Å²) in [6.07, 6.45) is 6.77. The Hall–Kier alpha value is -0.610. The maximum atomic E-state index is 12.6. The molecule has 1 saturated carbocycles. The van der Waals surface area contributed by atoms with Crippen molar-refractivity contribution in [1.82, 2.24) is 15.5 Å². The molecule has 0 aromatic rings. The molecule has 1 atom stereocenters. The average Bonchev–Trinajstić information content (AvgIpc) is 2.77. The van der Waals surface area contributed by atoms with Crippen LogP contribution in [0.25, 0.3) is 0 Å². The lowest BCUT2D eigenvalue weighted by Gasteiger charge is -2.47. The van der Waals surface area contributed by atoms with Gasteiger partial charge in [-0.05, 0) is 52.7 Å². The van der Waals surface area contributed by atoms with Crippen molar-refractivity contribution in [1.29, 1.82) is 0 Å². The van der Waals surface area contributed by atoms with Gasteiger partial charge in [0.1, 0.15) is 0 Å². The van der Waals surface area contributed by atoms with E-state index in [0.717, 1.165) is 38.9 Å². The van der Waals surface area contributed by atoms with Gasteiger partial charge in [0.2, 0.25) is 5.91 Å². The van der Waals surface area contributed by atoms with Crippen molar-refractivity contribution in [2.24, 2.45) is 5.41 Å². The molecule has 0 bridgehead atoms. The maximum absolute atomic E-state index is 12.6. The third kappa shape index (κ3) is 2.79. The third-order valence-electron chi connectivity index (χ3n) is 5.26. The van der Waals surface area contributed by atoms with Crippen molar-refractivity contribution in [3.63, 3.8) is 0 Å². The van der Waals surface area contributed by atoms with E-state index in [1.165, 1.54) is 19.3 Å². The first-order valence-electron chi connectivity index (χ1n) is 7.71. The monoisotopic (exact) mass is 267 g/mol. The molecule has 4 nitrogen and oxygen atoms in total. The topological polar surface area (TPSA) is 44.4 Å². The minimum Gasteiger partial charge on any atom is -0.354 e. The van der Waals surface area contributed by atoms with Gasteiger partial charge in [-0.25, -0.2) is 0 Å². The first-order chi connectivity index (χ1) is 9.05. The number of likely N-dealkylation sites (N-methyl/N-ethyl adjacent to an activating group) is 1. The summed E-state index contributed by atoms with van der Waals surface area (Å²) in [5, 5.41) is 6.61. The van der Waals surface area contributed by atoms with E-state index in [1.54, 1.807) is 0 Å². The Bertz CT molecular complexity index is 317. The number of nitrogens with one attached hydrogen (secondary N) is 2. The maximum Gasteiger partial charge on any atom is 0.227 e. The van der Waals surface area contributed by atoms with Crippen molar-refractivity contribution in [3.8, 4) is 0 Å². The molecule has 19 heavy (non-hydrogen) atoms. The van der Waals surface area contributed by atoms with Crippen LogP contribution in [0, 0.1) is 5.41 Å². The predicted octanol–water partition coefficient (Wildman–Crippen LogP) is 1.37. The molecule has 2 rings (SSSR count). The average molecular weight is 267 g/mol. The molecule has 1 saturated heterocycles.